The van der Waals surface area contributed by atoms with Gasteiger partial charge in [-0.05, 0) is 43.5 Å². The van der Waals surface area contributed by atoms with Crippen molar-refractivity contribution in [1.29, 1.82) is 0 Å². The Bertz CT molecular complexity index is 1020. The zero-order valence-electron chi connectivity index (χ0n) is 19.5. The van der Waals surface area contributed by atoms with Gasteiger partial charge >= 0.3 is 5.97 Å². The number of carbonyl (C=O) groups excluding carboxylic acids is 3. The van der Waals surface area contributed by atoms with E-state index < -0.39 is 17.9 Å². The van der Waals surface area contributed by atoms with Crippen molar-refractivity contribution >= 4 is 17.8 Å². The highest BCUT2D eigenvalue weighted by Gasteiger charge is 2.41. The maximum atomic E-state index is 13.4. The van der Waals surface area contributed by atoms with Gasteiger partial charge in [0.05, 0.1) is 42.0 Å². The van der Waals surface area contributed by atoms with E-state index in [1.807, 2.05) is 37.3 Å². The molecule has 1 atom stereocenters. The lowest BCUT2D eigenvalue weighted by Gasteiger charge is -2.30. The first-order chi connectivity index (χ1) is 16.6. The number of hydrogen-bond donors (Lipinski definition) is 0. The van der Waals surface area contributed by atoms with E-state index in [0.29, 0.717) is 13.2 Å². The fourth-order valence-corrected chi connectivity index (χ4v) is 4.54. The van der Waals surface area contributed by atoms with Crippen LogP contribution in [0.1, 0.15) is 81.7 Å². The SMILES string of the molecule is CCOCCOC(=O)c1ccc2c(c1)C(=O)N([C@H](COC1CCCCC1)c1ccccc1)C2=O. The summed E-state index contributed by atoms with van der Waals surface area (Å²) in [5, 5.41) is 0. The monoisotopic (exact) mass is 465 g/mol. The molecule has 7 nitrogen and oxygen atoms in total. The summed E-state index contributed by atoms with van der Waals surface area (Å²) >= 11 is 0. The lowest BCUT2D eigenvalue weighted by Crippen LogP contribution is -2.37. The highest BCUT2D eigenvalue weighted by molar-refractivity contribution is 6.22. The minimum Gasteiger partial charge on any atom is -0.460 e. The van der Waals surface area contributed by atoms with E-state index >= 15 is 0 Å². The normalized spacial score (nSPS) is 17.0. The van der Waals surface area contributed by atoms with Crippen molar-refractivity contribution in [2.24, 2.45) is 0 Å². The van der Waals surface area contributed by atoms with Crippen LogP contribution in [0, 0.1) is 0 Å². The molecule has 1 aliphatic carbocycles. The average Bonchev–Trinajstić information content (AvgIpc) is 3.12. The third-order valence-corrected chi connectivity index (χ3v) is 6.36. The van der Waals surface area contributed by atoms with Gasteiger partial charge in [-0.15, -0.1) is 0 Å². The number of ether oxygens (including phenoxy) is 3. The van der Waals surface area contributed by atoms with Gasteiger partial charge in [-0.2, -0.15) is 0 Å². The van der Waals surface area contributed by atoms with E-state index in [2.05, 4.69) is 0 Å². The van der Waals surface area contributed by atoms with Gasteiger partial charge < -0.3 is 14.2 Å². The standard InChI is InChI=1S/C27H31NO6/c1-2-32-15-16-33-27(31)20-13-14-22-23(17-20)26(30)28(25(22)29)24(19-9-5-3-6-10-19)18-34-21-11-7-4-8-12-21/h3,5-6,9-10,13-14,17,21,24H,2,4,7-8,11-12,15-16,18H2,1H3/t24-/m1/s1. The molecule has 2 amide bonds. The van der Waals surface area contributed by atoms with E-state index in [9.17, 15) is 14.4 Å². The maximum Gasteiger partial charge on any atom is 0.338 e. The van der Waals surface area contributed by atoms with Crippen LogP contribution in [-0.2, 0) is 14.2 Å². The number of nitrogens with zero attached hydrogens (tertiary/aromatic N) is 1. The second-order valence-corrected chi connectivity index (χ2v) is 8.59. The topological polar surface area (TPSA) is 82.1 Å². The van der Waals surface area contributed by atoms with Crippen molar-refractivity contribution in [3.05, 3.63) is 70.8 Å². The Morgan fingerprint density at radius 2 is 1.71 bits per heavy atom. The van der Waals surface area contributed by atoms with Gasteiger partial charge in [-0.1, -0.05) is 49.6 Å². The molecule has 1 heterocycles. The van der Waals surface area contributed by atoms with Gasteiger partial charge in [0.1, 0.15) is 6.61 Å². The van der Waals surface area contributed by atoms with E-state index in [4.69, 9.17) is 14.2 Å². The number of amides is 2. The molecule has 34 heavy (non-hydrogen) atoms. The fraction of sp³-hybridized carbons (Fsp3) is 0.444. The second kappa shape index (κ2) is 11.4. The molecule has 0 N–H and O–H groups in total. The van der Waals surface area contributed by atoms with Crippen molar-refractivity contribution in [3.63, 3.8) is 0 Å². The maximum absolute atomic E-state index is 13.4. The number of fused-ring (bicyclic) bond motifs is 1. The van der Waals surface area contributed by atoms with E-state index in [1.54, 1.807) is 0 Å². The Balaban J connectivity index is 1.54. The summed E-state index contributed by atoms with van der Waals surface area (Å²) in [6, 6.07) is 13.4. The number of carbonyl (C=O) groups is 3. The highest BCUT2D eigenvalue weighted by atomic mass is 16.6. The Morgan fingerprint density at radius 1 is 0.971 bits per heavy atom. The summed E-state index contributed by atoms with van der Waals surface area (Å²) in [6.45, 7) is 3.07. The van der Waals surface area contributed by atoms with Crippen molar-refractivity contribution in [3.8, 4) is 0 Å². The molecule has 0 unspecified atom stereocenters. The molecule has 2 aromatic rings. The highest BCUT2D eigenvalue weighted by Crippen LogP contribution is 2.33. The second-order valence-electron chi connectivity index (χ2n) is 8.59. The molecule has 1 fully saturated rings. The van der Waals surface area contributed by atoms with Crippen LogP contribution < -0.4 is 0 Å². The third-order valence-electron chi connectivity index (χ3n) is 6.36. The van der Waals surface area contributed by atoms with Crippen LogP contribution in [0.15, 0.2) is 48.5 Å². The largest absolute Gasteiger partial charge is 0.460 e. The molecule has 0 bridgehead atoms. The zero-order chi connectivity index (χ0) is 23.9. The molecule has 2 aliphatic rings. The molecule has 7 heteroatoms. The molecular formula is C27H31NO6. The molecule has 1 saturated carbocycles. The number of benzene rings is 2. The molecule has 0 aromatic heterocycles. The zero-order valence-corrected chi connectivity index (χ0v) is 19.5. The third kappa shape index (κ3) is 5.37. The minimum atomic E-state index is -0.554. The predicted octanol–water partition coefficient (Wildman–Crippen LogP) is 4.57. The van der Waals surface area contributed by atoms with Crippen LogP contribution in [0.3, 0.4) is 0 Å². The summed E-state index contributed by atoms with van der Waals surface area (Å²) in [6.07, 6.45) is 5.63. The van der Waals surface area contributed by atoms with E-state index in [1.165, 1.54) is 29.5 Å². The van der Waals surface area contributed by atoms with Gasteiger partial charge in [-0.3, -0.25) is 14.5 Å². The Kier molecular flexibility index (Phi) is 8.08. The lowest BCUT2D eigenvalue weighted by molar-refractivity contribution is -0.00386. The Labute approximate surface area is 200 Å². The summed E-state index contributed by atoms with van der Waals surface area (Å²) in [7, 11) is 0. The molecule has 180 valence electrons. The van der Waals surface area contributed by atoms with Gasteiger partial charge in [-0.25, -0.2) is 4.79 Å². The summed E-state index contributed by atoms with van der Waals surface area (Å²) in [4.78, 5) is 40.4. The summed E-state index contributed by atoms with van der Waals surface area (Å²) < 4.78 is 16.6. The molecule has 0 radical (unpaired) electrons. The molecular weight excluding hydrogens is 434 g/mol. The van der Waals surface area contributed by atoms with Crippen LogP contribution in [0.25, 0.3) is 0 Å². The van der Waals surface area contributed by atoms with Crippen LogP contribution in [0.4, 0.5) is 0 Å². The van der Waals surface area contributed by atoms with Gasteiger partial charge in [0.2, 0.25) is 0 Å². The van der Waals surface area contributed by atoms with Gasteiger partial charge in [0.25, 0.3) is 11.8 Å². The smallest absolute Gasteiger partial charge is 0.338 e. The van der Waals surface area contributed by atoms with Crippen molar-refractivity contribution in [2.75, 3.05) is 26.4 Å². The lowest BCUT2D eigenvalue weighted by atomic mass is 9.97. The van der Waals surface area contributed by atoms with E-state index in [0.717, 1.165) is 31.2 Å². The molecule has 0 saturated heterocycles. The summed E-state index contributed by atoms with van der Waals surface area (Å²) in [5.41, 5.74) is 1.56. The van der Waals surface area contributed by atoms with Crippen LogP contribution in [0.5, 0.6) is 0 Å². The fourth-order valence-electron chi connectivity index (χ4n) is 4.54. The molecule has 4 rings (SSSR count). The first kappa shape index (κ1) is 24.1. The van der Waals surface area contributed by atoms with Gasteiger partial charge in [0.15, 0.2) is 0 Å². The average molecular weight is 466 g/mol. The Morgan fingerprint density at radius 3 is 2.44 bits per heavy atom. The minimum absolute atomic E-state index is 0.122. The van der Waals surface area contributed by atoms with E-state index in [-0.39, 0.29) is 41.9 Å². The van der Waals surface area contributed by atoms with Crippen LogP contribution >= 0.6 is 0 Å². The quantitative estimate of drug-likeness (QED) is 0.291. The van der Waals surface area contributed by atoms with Crippen molar-refractivity contribution < 1.29 is 28.6 Å². The van der Waals surface area contributed by atoms with Crippen molar-refractivity contribution in [1.82, 2.24) is 4.90 Å². The van der Waals surface area contributed by atoms with Gasteiger partial charge in [0, 0.05) is 6.61 Å². The predicted molar refractivity (Wildman–Crippen MR) is 126 cm³/mol. The Hall–Kier alpha value is -3.03. The summed E-state index contributed by atoms with van der Waals surface area (Å²) in [5.74, 6) is -1.36. The van der Waals surface area contributed by atoms with Crippen molar-refractivity contribution in [2.45, 2.75) is 51.2 Å². The number of imide groups is 1. The first-order valence-corrected chi connectivity index (χ1v) is 12.0. The molecule has 2 aromatic carbocycles. The number of hydrogen-bond acceptors (Lipinski definition) is 6. The number of rotatable bonds is 10. The molecule has 1 aliphatic heterocycles. The van der Waals surface area contributed by atoms with Crippen LogP contribution in [0.2, 0.25) is 0 Å². The molecule has 0 spiro atoms. The van der Waals surface area contributed by atoms with Crippen LogP contribution in [-0.4, -0.2) is 55.2 Å². The first-order valence-electron chi connectivity index (χ1n) is 12.0. The number of esters is 1.